The van der Waals surface area contributed by atoms with Crippen molar-refractivity contribution in [1.82, 2.24) is 13.7 Å². The molecule has 0 radical (unpaired) electrons. The number of hydrogen-bond acceptors (Lipinski definition) is 9. The van der Waals surface area contributed by atoms with E-state index in [4.69, 9.17) is 28.8 Å². The van der Waals surface area contributed by atoms with Gasteiger partial charge in [0.25, 0.3) is 17.3 Å². The molecule has 2 aliphatic rings. The van der Waals surface area contributed by atoms with Crippen molar-refractivity contribution in [1.29, 1.82) is 0 Å². The minimum atomic E-state index is -1.59. The number of ketones is 3. The van der Waals surface area contributed by atoms with Crippen LogP contribution in [0.15, 0.2) is 133 Å². The van der Waals surface area contributed by atoms with Crippen LogP contribution in [-0.2, 0) is 34.0 Å². The summed E-state index contributed by atoms with van der Waals surface area (Å²) in [7, 11) is 0. The Morgan fingerprint density at radius 2 is 0.702 bits per heavy atom. The SMILES string of the molecule is NC(=O)c1cccc2c1c1c(C(=O)C(=O)O)ccc(Cl)c1n2Cc1ccccc1.NC(=O)c1cccc2c1c1c(C(=O)C(=O)O)cccc1n2CC1CCCC1.NC(=O)c1cccc2c1c1c(C(=O)C(=O)O)cccc1n2CC1CCCCC1. The highest BCUT2D eigenvalue weighted by atomic mass is 35.5. The number of amides is 3. The molecule has 9 N–H and O–H groups in total. The number of halogens is 1. The van der Waals surface area contributed by atoms with Crippen molar-refractivity contribution in [3.05, 3.63) is 177 Å². The molecule has 0 aliphatic heterocycles. The minimum Gasteiger partial charge on any atom is -0.475 e. The smallest absolute Gasteiger partial charge is 0.377 e. The summed E-state index contributed by atoms with van der Waals surface area (Å²) >= 11 is 6.49. The number of benzene rings is 7. The highest BCUT2D eigenvalue weighted by molar-refractivity contribution is 6.46. The molecule has 3 aromatic heterocycles. The molecule has 0 bridgehead atoms. The second-order valence-electron chi connectivity index (χ2n) is 21.3. The Morgan fingerprint density at radius 3 is 1.07 bits per heavy atom. The molecule has 2 saturated carbocycles. The molecule has 7 aromatic carbocycles. The average molecular weight is 1150 g/mol. The first-order valence-corrected chi connectivity index (χ1v) is 27.8. The molecular formula is C65H57ClN6O12. The molecule has 18 nitrogen and oxygen atoms in total. The van der Waals surface area contributed by atoms with Gasteiger partial charge < -0.3 is 46.2 Å². The predicted octanol–water partition coefficient (Wildman–Crippen LogP) is 11.0. The second-order valence-corrected chi connectivity index (χ2v) is 21.7. The molecule has 0 saturated heterocycles. The molecule has 0 spiro atoms. The Balaban J connectivity index is 0.000000140. The molecule has 2 aliphatic carbocycles. The maximum Gasteiger partial charge on any atom is 0.377 e. The normalized spacial score (nSPS) is 13.6. The van der Waals surface area contributed by atoms with Gasteiger partial charge in [-0.1, -0.05) is 104 Å². The highest BCUT2D eigenvalue weighted by Crippen LogP contribution is 2.41. The van der Waals surface area contributed by atoms with E-state index >= 15 is 0 Å². The number of nitrogens with zero attached hydrogens (tertiary/aromatic N) is 3. The van der Waals surface area contributed by atoms with E-state index < -0.39 is 53.0 Å². The number of carboxylic acids is 3. The van der Waals surface area contributed by atoms with Crippen molar-refractivity contribution in [2.24, 2.45) is 29.0 Å². The van der Waals surface area contributed by atoms with Gasteiger partial charge in [0.15, 0.2) is 0 Å². The molecule has 3 heterocycles. The summed E-state index contributed by atoms with van der Waals surface area (Å²) in [5.41, 5.74) is 22.9. The van der Waals surface area contributed by atoms with Crippen molar-refractivity contribution < 1.29 is 58.5 Å². The lowest BCUT2D eigenvalue weighted by Crippen LogP contribution is -2.14. The standard InChI is InChI=1S/C22H15ClN2O4.C22H22N2O4.C21H20N2O4/c23-15-10-9-13(20(26)22(28)29)18-17-14(21(24)27)7-4-8-16(17)25(19(15)18)11-12-5-2-1-3-6-12;23-21(26)15-9-5-11-17-19(15)18-14(20(25)22(27)28)8-4-10-16(18)24(17)12-13-6-2-1-3-7-13;22-20(25)14-8-4-10-16-18(14)17-13(19(24)21(26)27)7-3-9-15(17)23(16)11-12-5-1-2-6-12/h1-10H,11H2,(H2,24,27)(H,28,29);4-5,8-11,13H,1-3,6-7,12H2,(H2,23,26)(H,27,28);3-4,7-10,12H,1-2,5-6,11H2,(H2,22,25)(H,26,27). The van der Waals surface area contributed by atoms with Gasteiger partial charge >= 0.3 is 17.9 Å². The Hall–Kier alpha value is -9.94. The van der Waals surface area contributed by atoms with Gasteiger partial charge in [-0.25, -0.2) is 14.4 Å². The predicted molar refractivity (Wildman–Crippen MR) is 319 cm³/mol. The van der Waals surface area contributed by atoms with Crippen molar-refractivity contribution >= 4 is 130 Å². The van der Waals surface area contributed by atoms with Crippen LogP contribution in [0.3, 0.4) is 0 Å². The van der Waals surface area contributed by atoms with E-state index in [2.05, 4.69) is 9.13 Å². The first-order chi connectivity index (χ1) is 40.4. The van der Waals surface area contributed by atoms with Crippen LogP contribution in [0, 0.1) is 11.8 Å². The third kappa shape index (κ3) is 10.7. The van der Waals surface area contributed by atoms with Crippen LogP contribution in [-0.4, -0.2) is 82.0 Å². The summed E-state index contributed by atoms with van der Waals surface area (Å²) in [6.45, 7) is 1.95. The van der Waals surface area contributed by atoms with Crippen LogP contribution in [0.25, 0.3) is 65.4 Å². The number of carboxylic acid groups (broad SMARTS) is 3. The lowest BCUT2D eigenvalue weighted by Gasteiger charge is -2.23. The number of carbonyl (C=O) groups is 9. The summed E-state index contributed by atoms with van der Waals surface area (Å²) < 4.78 is 6.09. The molecule has 10 aromatic rings. The summed E-state index contributed by atoms with van der Waals surface area (Å²) in [5.74, 6) is -8.50. The molecule has 426 valence electrons. The van der Waals surface area contributed by atoms with Crippen LogP contribution in [0.4, 0.5) is 0 Å². The monoisotopic (exact) mass is 1150 g/mol. The Kier molecular flexibility index (Phi) is 16.3. The Bertz CT molecular complexity index is 4390. The van der Waals surface area contributed by atoms with Crippen molar-refractivity contribution in [3.63, 3.8) is 0 Å². The summed E-state index contributed by atoms with van der Waals surface area (Å²) in [5, 5.41) is 30.9. The van der Waals surface area contributed by atoms with Crippen LogP contribution in [0.2, 0.25) is 5.02 Å². The minimum absolute atomic E-state index is 0.0394. The Morgan fingerprint density at radius 1 is 0.381 bits per heavy atom. The van der Waals surface area contributed by atoms with E-state index in [1.807, 2.05) is 59.2 Å². The number of aromatic nitrogens is 3. The molecular weight excluding hydrogens is 1090 g/mol. The van der Waals surface area contributed by atoms with E-state index in [-0.39, 0.29) is 22.3 Å². The van der Waals surface area contributed by atoms with Gasteiger partial charge in [0.2, 0.25) is 17.7 Å². The second kappa shape index (κ2) is 23.9. The molecule has 12 rings (SSSR count). The largest absolute Gasteiger partial charge is 0.475 e. The quantitative estimate of drug-likeness (QED) is 0.0412. The fraction of sp³-hybridized carbons (Fsp3) is 0.215. The third-order valence-corrected chi connectivity index (χ3v) is 16.5. The maximum absolute atomic E-state index is 12.4. The van der Waals surface area contributed by atoms with Crippen LogP contribution in [0.1, 0.15) is 125 Å². The van der Waals surface area contributed by atoms with Crippen molar-refractivity contribution in [2.75, 3.05) is 0 Å². The molecule has 19 heteroatoms. The van der Waals surface area contributed by atoms with Gasteiger partial charge in [-0.3, -0.25) is 28.8 Å². The van der Waals surface area contributed by atoms with Gasteiger partial charge in [0, 0.05) is 107 Å². The number of Topliss-reactive ketones (excluding diaryl/α,β-unsaturated/α-hetero) is 3. The number of rotatable bonds is 15. The summed E-state index contributed by atoms with van der Waals surface area (Å²) in [6, 6.07) is 38.2. The number of primary amides is 3. The van der Waals surface area contributed by atoms with Crippen LogP contribution >= 0.6 is 11.6 Å². The van der Waals surface area contributed by atoms with Crippen molar-refractivity contribution in [3.8, 4) is 0 Å². The van der Waals surface area contributed by atoms with E-state index in [1.165, 1.54) is 56.4 Å². The van der Waals surface area contributed by atoms with Gasteiger partial charge in [-0.2, -0.15) is 0 Å². The highest BCUT2D eigenvalue weighted by Gasteiger charge is 2.30. The van der Waals surface area contributed by atoms with E-state index in [9.17, 15) is 58.5 Å². The zero-order chi connectivity index (χ0) is 59.7. The summed E-state index contributed by atoms with van der Waals surface area (Å²) in [6.07, 6.45) is 10.7. The topological polar surface area (TPSA) is 307 Å². The molecule has 0 atom stereocenters. The third-order valence-electron chi connectivity index (χ3n) is 16.2. The first kappa shape index (κ1) is 57.3. The number of nitrogens with two attached hydrogens (primary N) is 3. The van der Waals surface area contributed by atoms with Gasteiger partial charge in [-0.05, 0) is 116 Å². The molecule has 0 unspecified atom stereocenters. The van der Waals surface area contributed by atoms with E-state index in [1.54, 1.807) is 54.6 Å². The number of carbonyl (C=O) groups excluding carboxylic acids is 6. The molecule has 2 fully saturated rings. The lowest BCUT2D eigenvalue weighted by molar-refractivity contribution is -0.132. The number of aliphatic carboxylic acids is 3. The fourth-order valence-corrected chi connectivity index (χ4v) is 12.8. The van der Waals surface area contributed by atoms with Crippen LogP contribution in [0.5, 0.6) is 0 Å². The van der Waals surface area contributed by atoms with Crippen LogP contribution < -0.4 is 17.2 Å². The molecule has 3 amide bonds. The summed E-state index contributed by atoms with van der Waals surface area (Å²) in [4.78, 5) is 107. The van der Waals surface area contributed by atoms with E-state index in [0.29, 0.717) is 77.9 Å². The number of fused-ring (bicyclic) bond motifs is 9. The number of hydrogen-bond donors (Lipinski definition) is 6. The molecule has 84 heavy (non-hydrogen) atoms. The van der Waals surface area contributed by atoms with Gasteiger partial charge in [0.05, 0.1) is 16.1 Å². The fourth-order valence-electron chi connectivity index (χ4n) is 12.5. The van der Waals surface area contributed by atoms with Gasteiger partial charge in [-0.15, -0.1) is 0 Å². The van der Waals surface area contributed by atoms with Gasteiger partial charge in [0.1, 0.15) is 0 Å². The zero-order valence-corrected chi connectivity index (χ0v) is 46.1. The zero-order valence-electron chi connectivity index (χ0n) is 45.3. The van der Waals surface area contributed by atoms with E-state index in [0.717, 1.165) is 66.4 Å². The average Bonchev–Trinajstić information content (AvgIpc) is 3.72. The maximum atomic E-state index is 12.4. The van der Waals surface area contributed by atoms with Crippen molar-refractivity contribution in [2.45, 2.75) is 77.4 Å². The Labute approximate surface area is 484 Å². The lowest BCUT2D eigenvalue weighted by atomic mass is 9.89. The first-order valence-electron chi connectivity index (χ1n) is 27.4.